The Morgan fingerprint density at radius 1 is 1.33 bits per heavy atom. The summed E-state index contributed by atoms with van der Waals surface area (Å²) in [4.78, 5) is 0. The maximum absolute atomic E-state index is 9.86. The standard InChI is InChI=1S/C11H22O/c1-3-4-7-10-8-5-6-9(2)11(10)12/h9-12H,3-8H2,1-2H3. The monoisotopic (exact) mass is 170 g/mol. The molecule has 12 heavy (non-hydrogen) atoms. The summed E-state index contributed by atoms with van der Waals surface area (Å²) in [7, 11) is 0. The van der Waals surface area contributed by atoms with Gasteiger partial charge in [0.25, 0.3) is 0 Å². The molecule has 0 amide bonds. The molecule has 0 spiro atoms. The van der Waals surface area contributed by atoms with Crippen LogP contribution in [0.4, 0.5) is 0 Å². The van der Waals surface area contributed by atoms with E-state index in [1.54, 1.807) is 0 Å². The third-order valence-corrected chi connectivity index (χ3v) is 3.23. The zero-order chi connectivity index (χ0) is 8.97. The van der Waals surface area contributed by atoms with Gasteiger partial charge < -0.3 is 5.11 Å². The van der Waals surface area contributed by atoms with E-state index in [1.165, 1.54) is 38.5 Å². The zero-order valence-electron chi connectivity index (χ0n) is 8.42. The maximum Gasteiger partial charge on any atom is 0.0593 e. The molecule has 0 aromatic rings. The van der Waals surface area contributed by atoms with Crippen molar-refractivity contribution in [1.82, 2.24) is 0 Å². The van der Waals surface area contributed by atoms with E-state index in [0.29, 0.717) is 11.8 Å². The largest absolute Gasteiger partial charge is 0.393 e. The predicted octanol–water partition coefficient (Wildman–Crippen LogP) is 2.97. The molecule has 1 heteroatoms. The summed E-state index contributed by atoms with van der Waals surface area (Å²) in [6.07, 6.45) is 7.58. The van der Waals surface area contributed by atoms with Gasteiger partial charge in [-0.3, -0.25) is 0 Å². The quantitative estimate of drug-likeness (QED) is 0.690. The highest BCUT2D eigenvalue weighted by atomic mass is 16.3. The van der Waals surface area contributed by atoms with E-state index in [1.807, 2.05) is 0 Å². The minimum absolute atomic E-state index is 0.00898. The average molecular weight is 170 g/mol. The fraction of sp³-hybridized carbons (Fsp3) is 1.00. The van der Waals surface area contributed by atoms with Crippen LogP contribution in [-0.2, 0) is 0 Å². The molecule has 0 aliphatic heterocycles. The molecule has 1 nitrogen and oxygen atoms in total. The van der Waals surface area contributed by atoms with Gasteiger partial charge in [-0.1, -0.05) is 33.1 Å². The second kappa shape index (κ2) is 4.86. The van der Waals surface area contributed by atoms with Gasteiger partial charge in [-0.15, -0.1) is 0 Å². The molecular formula is C11H22O. The van der Waals surface area contributed by atoms with E-state index >= 15 is 0 Å². The van der Waals surface area contributed by atoms with Crippen molar-refractivity contribution in [2.45, 2.75) is 58.5 Å². The number of hydrogen-bond acceptors (Lipinski definition) is 1. The van der Waals surface area contributed by atoms with Gasteiger partial charge in [-0.25, -0.2) is 0 Å². The predicted molar refractivity (Wildman–Crippen MR) is 52.0 cm³/mol. The Morgan fingerprint density at radius 2 is 2.08 bits per heavy atom. The summed E-state index contributed by atoms with van der Waals surface area (Å²) in [5, 5.41) is 9.86. The first-order valence-corrected chi connectivity index (χ1v) is 5.43. The molecule has 3 atom stereocenters. The van der Waals surface area contributed by atoms with Gasteiger partial charge >= 0.3 is 0 Å². The van der Waals surface area contributed by atoms with Crippen LogP contribution < -0.4 is 0 Å². The molecule has 1 aliphatic carbocycles. The Labute approximate surface area is 76.2 Å². The van der Waals surface area contributed by atoms with Crippen molar-refractivity contribution in [2.75, 3.05) is 0 Å². The summed E-state index contributed by atoms with van der Waals surface area (Å²) in [5.74, 6) is 1.15. The molecule has 3 unspecified atom stereocenters. The first-order valence-electron chi connectivity index (χ1n) is 5.43. The molecule has 0 saturated heterocycles. The Bertz CT molecular complexity index is 122. The molecule has 1 fully saturated rings. The summed E-state index contributed by atoms with van der Waals surface area (Å²) < 4.78 is 0. The molecule has 72 valence electrons. The molecule has 0 heterocycles. The van der Waals surface area contributed by atoms with Crippen LogP contribution in [0.3, 0.4) is 0 Å². The van der Waals surface area contributed by atoms with Gasteiger partial charge in [0.1, 0.15) is 0 Å². The lowest BCUT2D eigenvalue weighted by Crippen LogP contribution is -2.31. The molecule has 0 radical (unpaired) electrons. The van der Waals surface area contributed by atoms with Crippen LogP contribution >= 0.6 is 0 Å². The number of rotatable bonds is 3. The van der Waals surface area contributed by atoms with Crippen molar-refractivity contribution in [3.8, 4) is 0 Å². The fourth-order valence-corrected chi connectivity index (χ4v) is 2.29. The van der Waals surface area contributed by atoms with Crippen LogP contribution in [0.1, 0.15) is 52.4 Å². The lowest BCUT2D eigenvalue weighted by atomic mass is 9.77. The first kappa shape index (κ1) is 10.0. The van der Waals surface area contributed by atoms with Gasteiger partial charge in [0, 0.05) is 0 Å². The summed E-state index contributed by atoms with van der Waals surface area (Å²) in [5.41, 5.74) is 0. The van der Waals surface area contributed by atoms with E-state index in [4.69, 9.17) is 0 Å². The minimum atomic E-state index is -0.00898. The van der Waals surface area contributed by atoms with Crippen molar-refractivity contribution in [1.29, 1.82) is 0 Å². The van der Waals surface area contributed by atoms with Gasteiger partial charge in [0.15, 0.2) is 0 Å². The fourth-order valence-electron chi connectivity index (χ4n) is 2.29. The topological polar surface area (TPSA) is 20.2 Å². The first-order chi connectivity index (χ1) is 5.75. The number of unbranched alkanes of at least 4 members (excludes halogenated alkanes) is 1. The van der Waals surface area contributed by atoms with Crippen LogP contribution in [0.2, 0.25) is 0 Å². The summed E-state index contributed by atoms with van der Waals surface area (Å²) in [6.45, 7) is 4.40. The normalized spacial score (nSPS) is 36.8. The van der Waals surface area contributed by atoms with Crippen LogP contribution in [0, 0.1) is 11.8 Å². The van der Waals surface area contributed by atoms with Gasteiger partial charge in [0.05, 0.1) is 6.10 Å². The number of hydrogen-bond donors (Lipinski definition) is 1. The molecule has 0 aromatic heterocycles. The molecular weight excluding hydrogens is 148 g/mol. The molecule has 1 saturated carbocycles. The highest BCUT2D eigenvalue weighted by Gasteiger charge is 2.27. The molecule has 1 aliphatic rings. The average Bonchev–Trinajstić information content (AvgIpc) is 2.08. The highest BCUT2D eigenvalue weighted by molar-refractivity contribution is 4.79. The molecule has 0 bridgehead atoms. The van der Waals surface area contributed by atoms with Crippen molar-refractivity contribution in [3.05, 3.63) is 0 Å². The minimum Gasteiger partial charge on any atom is -0.393 e. The van der Waals surface area contributed by atoms with Gasteiger partial charge in [-0.2, -0.15) is 0 Å². The third-order valence-electron chi connectivity index (χ3n) is 3.23. The van der Waals surface area contributed by atoms with E-state index in [0.717, 1.165) is 0 Å². The summed E-state index contributed by atoms with van der Waals surface area (Å²) in [6, 6.07) is 0. The van der Waals surface area contributed by atoms with Crippen molar-refractivity contribution in [3.63, 3.8) is 0 Å². The van der Waals surface area contributed by atoms with Crippen LogP contribution in [0.5, 0.6) is 0 Å². The Hall–Kier alpha value is -0.0400. The van der Waals surface area contributed by atoms with E-state index in [2.05, 4.69) is 13.8 Å². The van der Waals surface area contributed by atoms with Gasteiger partial charge in [-0.05, 0) is 31.1 Å². The SMILES string of the molecule is CCCCC1CCCC(C)C1O. The second-order valence-corrected chi connectivity index (χ2v) is 4.30. The highest BCUT2D eigenvalue weighted by Crippen LogP contribution is 2.32. The Morgan fingerprint density at radius 3 is 2.75 bits per heavy atom. The number of aliphatic hydroxyl groups is 1. The number of aliphatic hydroxyl groups excluding tert-OH is 1. The van der Waals surface area contributed by atoms with Crippen molar-refractivity contribution >= 4 is 0 Å². The van der Waals surface area contributed by atoms with Crippen molar-refractivity contribution in [2.24, 2.45) is 11.8 Å². The lowest BCUT2D eigenvalue weighted by Gasteiger charge is -2.32. The van der Waals surface area contributed by atoms with Crippen LogP contribution in [0.15, 0.2) is 0 Å². The van der Waals surface area contributed by atoms with Gasteiger partial charge in [0.2, 0.25) is 0 Å². The third kappa shape index (κ3) is 2.48. The van der Waals surface area contributed by atoms with E-state index in [9.17, 15) is 5.11 Å². The summed E-state index contributed by atoms with van der Waals surface area (Å²) >= 11 is 0. The Balaban J connectivity index is 2.30. The van der Waals surface area contributed by atoms with Crippen LogP contribution in [0.25, 0.3) is 0 Å². The second-order valence-electron chi connectivity index (χ2n) is 4.30. The van der Waals surface area contributed by atoms with E-state index in [-0.39, 0.29) is 6.10 Å². The molecule has 1 rings (SSSR count). The smallest absolute Gasteiger partial charge is 0.0593 e. The zero-order valence-corrected chi connectivity index (χ0v) is 8.42. The van der Waals surface area contributed by atoms with E-state index < -0.39 is 0 Å². The maximum atomic E-state index is 9.86. The Kier molecular flexibility index (Phi) is 4.07. The van der Waals surface area contributed by atoms with Crippen molar-refractivity contribution < 1.29 is 5.11 Å². The molecule has 1 N–H and O–H groups in total. The van der Waals surface area contributed by atoms with Crippen LogP contribution in [-0.4, -0.2) is 11.2 Å². The lowest BCUT2D eigenvalue weighted by molar-refractivity contribution is 0.0206. The molecule has 0 aromatic carbocycles.